The molecule has 0 radical (unpaired) electrons. The molecule has 2 aliphatic heterocycles. The molecule has 4 nitrogen and oxygen atoms in total. The third-order valence-corrected chi connectivity index (χ3v) is 3.41. The van der Waals surface area contributed by atoms with Crippen LogP contribution in [0.1, 0.15) is 12.2 Å². The second-order valence-electron chi connectivity index (χ2n) is 4.22. The van der Waals surface area contributed by atoms with Crippen molar-refractivity contribution < 1.29 is 4.52 Å². The number of hydrogen-bond donors (Lipinski definition) is 1. The Labute approximate surface area is 95.4 Å². The van der Waals surface area contributed by atoms with E-state index in [1.54, 1.807) is 6.20 Å². The third-order valence-electron chi connectivity index (χ3n) is 3.41. The predicted molar refractivity (Wildman–Crippen MR) is 58.9 cm³/mol. The summed E-state index contributed by atoms with van der Waals surface area (Å²) in [6.45, 7) is 4.46. The van der Waals surface area contributed by atoms with E-state index in [2.05, 4.69) is 15.4 Å². The van der Waals surface area contributed by atoms with Gasteiger partial charge in [0.05, 0.1) is 12.7 Å². The van der Waals surface area contributed by atoms with Crippen LogP contribution in [0.4, 0.5) is 0 Å². The minimum absolute atomic E-state index is 0. The molecule has 0 unspecified atom stereocenters. The van der Waals surface area contributed by atoms with Gasteiger partial charge in [0.15, 0.2) is 5.76 Å². The van der Waals surface area contributed by atoms with Crippen LogP contribution in [0.15, 0.2) is 16.8 Å². The van der Waals surface area contributed by atoms with Crippen molar-refractivity contribution in [3.05, 3.63) is 18.0 Å². The summed E-state index contributed by atoms with van der Waals surface area (Å²) in [5.41, 5.74) is 0. The highest BCUT2D eigenvalue weighted by atomic mass is 35.5. The molecule has 3 heterocycles. The van der Waals surface area contributed by atoms with E-state index in [-0.39, 0.29) is 12.4 Å². The summed E-state index contributed by atoms with van der Waals surface area (Å²) >= 11 is 0. The number of halogens is 1. The van der Waals surface area contributed by atoms with Crippen molar-refractivity contribution in [2.75, 3.05) is 19.6 Å². The van der Waals surface area contributed by atoms with E-state index in [1.807, 2.05) is 6.07 Å². The van der Waals surface area contributed by atoms with Crippen LogP contribution in [0, 0.1) is 5.92 Å². The first-order chi connectivity index (χ1) is 6.93. The van der Waals surface area contributed by atoms with Crippen LogP contribution in [0.3, 0.4) is 0 Å². The summed E-state index contributed by atoms with van der Waals surface area (Å²) < 4.78 is 5.13. The Kier molecular flexibility index (Phi) is 3.29. The standard InChI is InChI=1S/C10H15N3O.ClH/c1-3-12-14-9(1)7-13-4-2-8-5-11-6-10(8)13;/h1,3,8,10-11H,2,4-7H2;1H/t8-,10+;/m0./s1. The Balaban J connectivity index is 0.000000853. The summed E-state index contributed by atoms with van der Waals surface area (Å²) in [5.74, 6) is 1.84. The number of nitrogens with one attached hydrogen (secondary N) is 1. The molecule has 15 heavy (non-hydrogen) atoms. The van der Waals surface area contributed by atoms with Crippen LogP contribution < -0.4 is 5.32 Å². The Hall–Kier alpha value is -0.580. The van der Waals surface area contributed by atoms with E-state index in [9.17, 15) is 0 Å². The number of nitrogens with zero attached hydrogens (tertiary/aromatic N) is 2. The Morgan fingerprint density at radius 2 is 2.47 bits per heavy atom. The van der Waals surface area contributed by atoms with Gasteiger partial charge in [0, 0.05) is 18.7 Å². The molecule has 2 fully saturated rings. The molecular formula is C10H16ClN3O. The molecule has 2 atom stereocenters. The summed E-state index contributed by atoms with van der Waals surface area (Å²) in [6, 6.07) is 2.68. The van der Waals surface area contributed by atoms with Crippen molar-refractivity contribution in [3.63, 3.8) is 0 Å². The van der Waals surface area contributed by atoms with E-state index in [0.717, 1.165) is 30.8 Å². The van der Waals surface area contributed by atoms with Gasteiger partial charge in [0.2, 0.25) is 0 Å². The van der Waals surface area contributed by atoms with Gasteiger partial charge in [0.25, 0.3) is 0 Å². The average Bonchev–Trinajstić information content (AvgIpc) is 2.85. The van der Waals surface area contributed by atoms with Gasteiger partial charge in [-0.2, -0.15) is 0 Å². The largest absolute Gasteiger partial charge is 0.360 e. The van der Waals surface area contributed by atoms with Gasteiger partial charge >= 0.3 is 0 Å². The molecule has 0 amide bonds. The van der Waals surface area contributed by atoms with Crippen molar-refractivity contribution in [2.45, 2.75) is 19.0 Å². The minimum Gasteiger partial charge on any atom is -0.360 e. The zero-order valence-corrected chi connectivity index (χ0v) is 9.37. The zero-order chi connectivity index (χ0) is 9.38. The maximum absolute atomic E-state index is 5.13. The van der Waals surface area contributed by atoms with Gasteiger partial charge in [-0.25, -0.2) is 0 Å². The van der Waals surface area contributed by atoms with E-state index < -0.39 is 0 Å². The molecule has 1 aromatic rings. The molecule has 3 rings (SSSR count). The lowest BCUT2D eigenvalue weighted by atomic mass is 10.1. The third kappa shape index (κ3) is 2.02. The fourth-order valence-electron chi connectivity index (χ4n) is 2.66. The summed E-state index contributed by atoms with van der Waals surface area (Å²) in [4.78, 5) is 2.51. The number of likely N-dealkylation sites (tertiary alicyclic amines) is 1. The van der Waals surface area contributed by atoms with Gasteiger partial charge in [0.1, 0.15) is 0 Å². The highest BCUT2D eigenvalue weighted by Crippen LogP contribution is 2.28. The fraction of sp³-hybridized carbons (Fsp3) is 0.700. The first-order valence-corrected chi connectivity index (χ1v) is 5.28. The quantitative estimate of drug-likeness (QED) is 0.818. The molecule has 0 spiro atoms. The lowest BCUT2D eigenvalue weighted by molar-refractivity contribution is 0.214. The molecule has 0 aromatic carbocycles. The summed E-state index contributed by atoms with van der Waals surface area (Å²) in [5, 5.41) is 7.18. The minimum atomic E-state index is 0. The van der Waals surface area contributed by atoms with Gasteiger partial charge in [-0.15, -0.1) is 12.4 Å². The maximum Gasteiger partial charge on any atom is 0.150 e. The maximum atomic E-state index is 5.13. The van der Waals surface area contributed by atoms with Crippen LogP contribution in [0.25, 0.3) is 0 Å². The molecule has 2 saturated heterocycles. The van der Waals surface area contributed by atoms with Crippen molar-refractivity contribution >= 4 is 12.4 Å². The summed E-state index contributed by atoms with van der Waals surface area (Å²) in [7, 11) is 0. The van der Waals surface area contributed by atoms with Crippen LogP contribution >= 0.6 is 12.4 Å². The first-order valence-electron chi connectivity index (χ1n) is 5.28. The molecule has 0 saturated carbocycles. The van der Waals surface area contributed by atoms with Crippen molar-refractivity contribution in [1.29, 1.82) is 0 Å². The van der Waals surface area contributed by atoms with Crippen molar-refractivity contribution in [1.82, 2.24) is 15.4 Å². The van der Waals surface area contributed by atoms with Gasteiger partial charge < -0.3 is 9.84 Å². The molecule has 0 aliphatic carbocycles. The highest BCUT2D eigenvalue weighted by molar-refractivity contribution is 5.85. The normalized spacial score (nSPS) is 30.1. The monoisotopic (exact) mass is 229 g/mol. The van der Waals surface area contributed by atoms with Gasteiger partial charge in [-0.3, -0.25) is 4.90 Å². The smallest absolute Gasteiger partial charge is 0.150 e. The second-order valence-corrected chi connectivity index (χ2v) is 4.22. The van der Waals surface area contributed by atoms with Crippen LogP contribution in [-0.2, 0) is 6.54 Å². The molecule has 2 aliphatic rings. The number of fused-ring (bicyclic) bond motifs is 1. The first kappa shape index (κ1) is 10.9. The highest BCUT2D eigenvalue weighted by Gasteiger charge is 2.37. The van der Waals surface area contributed by atoms with E-state index >= 15 is 0 Å². The van der Waals surface area contributed by atoms with E-state index in [1.165, 1.54) is 19.5 Å². The molecular weight excluding hydrogens is 214 g/mol. The molecule has 1 N–H and O–H groups in total. The molecule has 1 aromatic heterocycles. The number of rotatable bonds is 2. The fourth-order valence-corrected chi connectivity index (χ4v) is 2.66. The number of hydrogen-bond acceptors (Lipinski definition) is 4. The van der Waals surface area contributed by atoms with Gasteiger partial charge in [-0.05, 0) is 25.4 Å². The van der Waals surface area contributed by atoms with E-state index in [4.69, 9.17) is 4.52 Å². The van der Waals surface area contributed by atoms with Gasteiger partial charge in [-0.1, -0.05) is 5.16 Å². The van der Waals surface area contributed by atoms with Crippen molar-refractivity contribution in [3.8, 4) is 0 Å². The van der Waals surface area contributed by atoms with Crippen LogP contribution in [-0.4, -0.2) is 35.7 Å². The Morgan fingerprint density at radius 3 is 3.27 bits per heavy atom. The molecule has 0 bridgehead atoms. The van der Waals surface area contributed by atoms with Crippen molar-refractivity contribution in [2.24, 2.45) is 5.92 Å². The SMILES string of the molecule is Cl.c1cc(CN2CC[C@H]3CNC[C@H]32)on1. The molecule has 5 heteroatoms. The molecule has 84 valence electrons. The van der Waals surface area contributed by atoms with Crippen LogP contribution in [0.5, 0.6) is 0 Å². The zero-order valence-electron chi connectivity index (χ0n) is 8.56. The van der Waals surface area contributed by atoms with E-state index in [0.29, 0.717) is 0 Å². The lowest BCUT2D eigenvalue weighted by Gasteiger charge is -2.21. The Morgan fingerprint density at radius 1 is 1.53 bits per heavy atom. The van der Waals surface area contributed by atoms with Crippen LogP contribution in [0.2, 0.25) is 0 Å². The topological polar surface area (TPSA) is 41.3 Å². The average molecular weight is 230 g/mol. The predicted octanol–water partition coefficient (Wildman–Crippen LogP) is 0.890. The second kappa shape index (κ2) is 4.51. The lowest BCUT2D eigenvalue weighted by Crippen LogP contribution is -2.33. The Bertz CT molecular complexity index is 304. The number of aromatic nitrogens is 1. The summed E-state index contributed by atoms with van der Waals surface area (Å²) in [6.07, 6.45) is 3.04.